The van der Waals surface area contributed by atoms with Gasteiger partial charge in [0.1, 0.15) is 11.6 Å². The minimum absolute atomic E-state index is 0.0383. The van der Waals surface area contributed by atoms with Crippen LogP contribution >= 0.6 is 0 Å². The third-order valence-electron chi connectivity index (χ3n) is 3.80. The van der Waals surface area contributed by atoms with Gasteiger partial charge in [-0.1, -0.05) is 0 Å². The van der Waals surface area contributed by atoms with Gasteiger partial charge in [-0.05, 0) is 13.8 Å². The van der Waals surface area contributed by atoms with E-state index in [1.54, 1.807) is 40.9 Å². The number of anilines is 2. The first-order valence-electron chi connectivity index (χ1n) is 8.23. The smallest absolute Gasteiger partial charge is 0.278 e. The highest BCUT2D eigenvalue weighted by Crippen LogP contribution is 2.14. The highest BCUT2D eigenvalue weighted by atomic mass is 16.2. The van der Waals surface area contributed by atoms with Crippen molar-refractivity contribution in [2.24, 2.45) is 7.05 Å². The molecule has 3 aromatic rings. The van der Waals surface area contributed by atoms with E-state index in [4.69, 9.17) is 0 Å². The van der Waals surface area contributed by atoms with Crippen LogP contribution in [0.15, 0.2) is 30.7 Å². The van der Waals surface area contributed by atoms with Crippen LogP contribution in [0.3, 0.4) is 0 Å². The molecule has 0 spiro atoms. The number of hydrogen-bond acceptors (Lipinski definition) is 5. The summed E-state index contributed by atoms with van der Waals surface area (Å²) in [7, 11) is 1.65. The lowest BCUT2D eigenvalue weighted by molar-refractivity contribution is 0.0987. The Morgan fingerprint density at radius 1 is 0.962 bits per heavy atom. The highest BCUT2D eigenvalue weighted by Gasteiger charge is 2.23. The Morgan fingerprint density at radius 3 is 2.04 bits per heavy atom. The van der Waals surface area contributed by atoms with Gasteiger partial charge in [0.15, 0.2) is 5.69 Å². The van der Waals surface area contributed by atoms with Crippen molar-refractivity contribution in [1.29, 1.82) is 0 Å². The van der Waals surface area contributed by atoms with Gasteiger partial charge in [-0.2, -0.15) is 15.3 Å². The molecule has 10 nitrogen and oxygen atoms in total. The summed E-state index contributed by atoms with van der Waals surface area (Å²) in [6, 6.07) is 3.38. The largest absolute Gasteiger partial charge is 0.307 e. The molecule has 3 heterocycles. The summed E-state index contributed by atoms with van der Waals surface area (Å²) in [5.41, 5.74) is 0.216. The summed E-state index contributed by atoms with van der Waals surface area (Å²) >= 11 is 0. The minimum Gasteiger partial charge on any atom is -0.307 e. The third kappa shape index (κ3) is 3.34. The van der Waals surface area contributed by atoms with Crippen molar-refractivity contribution in [3.63, 3.8) is 0 Å². The molecule has 2 amide bonds. The quantitative estimate of drug-likeness (QED) is 0.692. The van der Waals surface area contributed by atoms with Crippen LogP contribution in [0.2, 0.25) is 0 Å². The molecule has 0 atom stereocenters. The molecule has 0 bridgehead atoms. The summed E-state index contributed by atoms with van der Waals surface area (Å²) in [4.78, 5) is 25.3. The number of rotatable bonds is 6. The van der Waals surface area contributed by atoms with E-state index < -0.39 is 11.8 Å². The predicted octanol–water partition coefficient (Wildman–Crippen LogP) is 1.36. The summed E-state index contributed by atoms with van der Waals surface area (Å²) in [5.74, 6) is 0.188. The zero-order chi connectivity index (χ0) is 18.7. The Balaban J connectivity index is 1.83. The second kappa shape index (κ2) is 7.21. The lowest BCUT2D eigenvalue weighted by Crippen LogP contribution is -2.22. The fraction of sp³-hybridized carbons (Fsp3) is 0.312. The Labute approximate surface area is 149 Å². The van der Waals surface area contributed by atoms with E-state index in [9.17, 15) is 9.59 Å². The molecular weight excluding hydrogens is 336 g/mol. The van der Waals surface area contributed by atoms with Crippen molar-refractivity contribution in [2.45, 2.75) is 26.9 Å². The maximum Gasteiger partial charge on any atom is 0.278 e. The van der Waals surface area contributed by atoms with Crippen LogP contribution in [0.5, 0.6) is 0 Å². The standard InChI is InChI=1S/C16H20N8O2/c1-4-23-12(6-8-17-23)19-15(25)11-10-22(3)21-14(11)16(26)20-13-7-9-18-24(13)5-2/h6-10H,4-5H2,1-3H3,(H,19,25)(H,20,26). The average Bonchev–Trinajstić information content (AvgIpc) is 3.34. The molecule has 0 aliphatic carbocycles. The second-order valence-corrected chi connectivity index (χ2v) is 5.54. The monoisotopic (exact) mass is 356 g/mol. The number of amides is 2. The summed E-state index contributed by atoms with van der Waals surface area (Å²) in [5, 5.41) is 17.8. The molecule has 3 aromatic heterocycles. The van der Waals surface area contributed by atoms with Crippen LogP contribution < -0.4 is 10.6 Å². The number of carbonyl (C=O) groups is 2. The number of carbonyl (C=O) groups excluding carboxylic acids is 2. The number of aryl methyl sites for hydroxylation is 3. The molecule has 0 unspecified atom stereocenters. The van der Waals surface area contributed by atoms with Gasteiger partial charge < -0.3 is 10.6 Å². The van der Waals surface area contributed by atoms with Crippen LogP contribution in [-0.2, 0) is 20.1 Å². The molecule has 0 fully saturated rings. The van der Waals surface area contributed by atoms with E-state index in [0.717, 1.165) is 0 Å². The van der Waals surface area contributed by atoms with Crippen LogP contribution in [0.25, 0.3) is 0 Å². The summed E-state index contributed by atoms with van der Waals surface area (Å²) in [6.07, 6.45) is 4.70. The highest BCUT2D eigenvalue weighted by molar-refractivity contribution is 6.13. The van der Waals surface area contributed by atoms with E-state index in [1.165, 1.54) is 10.9 Å². The molecule has 3 rings (SSSR count). The fourth-order valence-electron chi connectivity index (χ4n) is 2.56. The molecule has 0 aromatic carbocycles. The first-order chi connectivity index (χ1) is 12.5. The molecule has 0 aliphatic heterocycles. The zero-order valence-electron chi connectivity index (χ0n) is 14.8. The van der Waals surface area contributed by atoms with Crippen molar-refractivity contribution >= 4 is 23.5 Å². The SMILES string of the molecule is CCn1nccc1NC(=O)c1cn(C)nc1C(=O)Nc1ccnn1CC. The molecule has 0 aliphatic rings. The maximum atomic E-state index is 12.6. The van der Waals surface area contributed by atoms with Crippen molar-refractivity contribution in [2.75, 3.05) is 10.6 Å². The summed E-state index contributed by atoms with van der Waals surface area (Å²) in [6.45, 7) is 5.06. The fourth-order valence-corrected chi connectivity index (χ4v) is 2.56. The van der Waals surface area contributed by atoms with Gasteiger partial charge >= 0.3 is 0 Å². The average molecular weight is 356 g/mol. The Kier molecular flexibility index (Phi) is 4.83. The molecular formula is C16H20N8O2. The lowest BCUT2D eigenvalue weighted by atomic mass is 10.2. The van der Waals surface area contributed by atoms with Crippen LogP contribution in [0.1, 0.15) is 34.7 Å². The Morgan fingerprint density at radius 2 is 1.50 bits per heavy atom. The van der Waals surface area contributed by atoms with E-state index >= 15 is 0 Å². The van der Waals surface area contributed by atoms with Crippen LogP contribution in [0.4, 0.5) is 11.6 Å². The second-order valence-electron chi connectivity index (χ2n) is 5.54. The third-order valence-corrected chi connectivity index (χ3v) is 3.80. The van der Waals surface area contributed by atoms with E-state index in [-0.39, 0.29) is 11.3 Å². The van der Waals surface area contributed by atoms with Gasteiger partial charge in [-0.15, -0.1) is 0 Å². The molecule has 10 heteroatoms. The first-order valence-corrected chi connectivity index (χ1v) is 8.23. The topological polar surface area (TPSA) is 112 Å². The van der Waals surface area contributed by atoms with Gasteiger partial charge in [-0.3, -0.25) is 14.3 Å². The number of aromatic nitrogens is 6. The Hall–Kier alpha value is -3.43. The molecule has 2 N–H and O–H groups in total. The number of hydrogen-bond donors (Lipinski definition) is 2. The Bertz CT molecular complexity index is 862. The zero-order valence-corrected chi connectivity index (χ0v) is 14.8. The van der Waals surface area contributed by atoms with Crippen molar-refractivity contribution in [3.8, 4) is 0 Å². The van der Waals surface area contributed by atoms with Crippen molar-refractivity contribution in [3.05, 3.63) is 42.0 Å². The first kappa shape index (κ1) is 17.4. The van der Waals surface area contributed by atoms with Crippen LogP contribution in [-0.4, -0.2) is 41.2 Å². The van der Waals surface area contributed by atoms with Gasteiger partial charge in [-0.25, -0.2) is 9.36 Å². The molecule has 0 radical (unpaired) electrons. The predicted molar refractivity (Wildman–Crippen MR) is 94.9 cm³/mol. The van der Waals surface area contributed by atoms with Gasteiger partial charge in [0.25, 0.3) is 11.8 Å². The minimum atomic E-state index is -0.477. The normalized spacial score (nSPS) is 10.7. The molecule has 0 saturated heterocycles. The molecule has 0 saturated carbocycles. The molecule has 136 valence electrons. The van der Waals surface area contributed by atoms with Crippen molar-refractivity contribution < 1.29 is 9.59 Å². The van der Waals surface area contributed by atoms with E-state index in [2.05, 4.69) is 25.9 Å². The van der Waals surface area contributed by atoms with Gasteiger partial charge in [0, 0.05) is 38.5 Å². The number of nitrogens with one attached hydrogen (secondary N) is 2. The van der Waals surface area contributed by atoms with Gasteiger partial charge in [0.05, 0.1) is 18.0 Å². The lowest BCUT2D eigenvalue weighted by Gasteiger charge is -2.08. The van der Waals surface area contributed by atoms with Crippen molar-refractivity contribution in [1.82, 2.24) is 29.3 Å². The van der Waals surface area contributed by atoms with E-state index in [1.807, 2.05) is 13.8 Å². The summed E-state index contributed by atoms with van der Waals surface area (Å²) < 4.78 is 4.71. The molecule has 26 heavy (non-hydrogen) atoms. The maximum absolute atomic E-state index is 12.6. The van der Waals surface area contributed by atoms with Crippen LogP contribution in [0, 0.1) is 0 Å². The number of nitrogens with zero attached hydrogens (tertiary/aromatic N) is 6. The van der Waals surface area contributed by atoms with Gasteiger partial charge in [0.2, 0.25) is 0 Å². The van der Waals surface area contributed by atoms with E-state index in [0.29, 0.717) is 24.7 Å².